The van der Waals surface area contributed by atoms with Gasteiger partial charge in [-0.1, -0.05) is 22.0 Å². The van der Waals surface area contributed by atoms with Crippen molar-refractivity contribution in [2.75, 3.05) is 5.32 Å². The van der Waals surface area contributed by atoms with Gasteiger partial charge in [-0.3, -0.25) is 4.79 Å². The maximum Gasteiger partial charge on any atom is 0.256 e. The zero-order valence-corrected chi connectivity index (χ0v) is 13.8. The number of benzene rings is 1. The van der Waals surface area contributed by atoms with Crippen LogP contribution in [0.5, 0.6) is 5.88 Å². The average molecular weight is 349 g/mol. The highest BCUT2D eigenvalue weighted by Gasteiger charge is 2.14. The van der Waals surface area contributed by atoms with E-state index in [4.69, 9.17) is 4.74 Å². The Hall–Kier alpha value is -1.88. The van der Waals surface area contributed by atoms with Gasteiger partial charge in [0, 0.05) is 16.2 Å². The standard InChI is InChI=1S/C16H17BrN2O2/c1-10(2)21-16-14(8-5-9-18-16)19-15(20)12-6-4-7-13(17)11(12)3/h4-10H,1-3H3,(H,19,20). The summed E-state index contributed by atoms with van der Waals surface area (Å²) in [4.78, 5) is 16.6. The summed E-state index contributed by atoms with van der Waals surface area (Å²) in [6.45, 7) is 5.73. The smallest absolute Gasteiger partial charge is 0.256 e. The number of nitrogens with one attached hydrogen (secondary N) is 1. The Bertz CT molecular complexity index is 656. The zero-order chi connectivity index (χ0) is 15.4. The van der Waals surface area contributed by atoms with E-state index in [-0.39, 0.29) is 12.0 Å². The molecule has 0 aliphatic rings. The Kier molecular flexibility index (Phi) is 4.96. The summed E-state index contributed by atoms with van der Waals surface area (Å²) < 4.78 is 6.50. The van der Waals surface area contributed by atoms with Crippen molar-refractivity contribution >= 4 is 27.5 Å². The fraction of sp³-hybridized carbons (Fsp3) is 0.250. The van der Waals surface area contributed by atoms with Crippen LogP contribution in [0, 0.1) is 6.92 Å². The van der Waals surface area contributed by atoms with Crippen molar-refractivity contribution in [3.05, 3.63) is 52.1 Å². The van der Waals surface area contributed by atoms with Gasteiger partial charge in [0.15, 0.2) is 0 Å². The number of ether oxygens (including phenoxy) is 1. The fourth-order valence-electron chi connectivity index (χ4n) is 1.85. The number of halogens is 1. The van der Waals surface area contributed by atoms with Gasteiger partial charge < -0.3 is 10.1 Å². The summed E-state index contributed by atoms with van der Waals surface area (Å²) in [5.74, 6) is 0.240. The molecule has 0 spiro atoms. The molecule has 0 atom stereocenters. The monoisotopic (exact) mass is 348 g/mol. The number of nitrogens with zero attached hydrogens (tertiary/aromatic N) is 1. The summed E-state index contributed by atoms with van der Waals surface area (Å²) in [7, 11) is 0. The lowest BCUT2D eigenvalue weighted by molar-refractivity contribution is 0.102. The molecule has 0 bridgehead atoms. The molecule has 0 fully saturated rings. The van der Waals surface area contributed by atoms with Crippen LogP contribution in [-0.2, 0) is 0 Å². The van der Waals surface area contributed by atoms with Crippen LogP contribution in [0.3, 0.4) is 0 Å². The van der Waals surface area contributed by atoms with Crippen LogP contribution < -0.4 is 10.1 Å². The molecule has 2 aromatic rings. The number of aromatic nitrogens is 1. The molecule has 1 heterocycles. The van der Waals surface area contributed by atoms with Gasteiger partial charge in [-0.25, -0.2) is 4.98 Å². The molecule has 1 aromatic heterocycles. The normalized spacial score (nSPS) is 10.5. The van der Waals surface area contributed by atoms with E-state index in [0.29, 0.717) is 17.1 Å². The predicted molar refractivity (Wildman–Crippen MR) is 86.8 cm³/mol. The van der Waals surface area contributed by atoms with E-state index < -0.39 is 0 Å². The Morgan fingerprint density at radius 2 is 2.05 bits per heavy atom. The van der Waals surface area contributed by atoms with Crippen LogP contribution in [0.15, 0.2) is 41.0 Å². The fourth-order valence-corrected chi connectivity index (χ4v) is 2.21. The highest BCUT2D eigenvalue weighted by Crippen LogP contribution is 2.24. The molecule has 0 aliphatic carbocycles. The number of hydrogen-bond donors (Lipinski definition) is 1. The summed E-state index contributed by atoms with van der Waals surface area (Å²) in [6, 6.07) is 9.06. The van der Waals surface area contributed by atoms with Gasteiger partial charge in [-0.05, 0) is 50.6 Å². The molecule has 4 nitrogen and oxygen atoms in total. The molecular formula is C16H17BrN2O2. The van der Waals surface area contributed by atoms with Crippen molar-refractivity contribution in [1.82, 2.24) is 4.98 Å². The molecule has 0 radical (unpaired) electrons. The maximum atomic E-state index is 12.4. The zero-order valence-electron chi connectivity index (χ0n) is 12.2. The molecule has 1 aromatic carbocycles. The highest BCUT2D eigenvalue weighted by molar-refractivity contribution is 9.10. The minimum atomic E-state index is -0.185. The van der Waals surface area contributed by atoms with Gasteiger partial charge in [-0.15, -0.1) is 0 Å². The van der Waals surface area contributed by atoms with E-state index in [1.165, 1.54) is 0 Å². The minimum Gasteiger partial charge on any atom is -0.473 e. The van der Waals surface area contributed by atoms with Crippen molar-refractivity contribution < 1.29 is 9.53 Å². The molecular weight excluding hydrogens is 332 g/mol. The van der Waals surface area contributed by atoms with Crippen LogP contribution in [0.25, 0.3) is 0 Å². The van der Waals surface area contributed by atoms with E-state index in [1.54, 1.807) is 24.4 Å². The van der Waals surface area contributed by atoms with Crippen molar-refractivity contribution in [1.29, 1.82) is 0 Å². The van der Waals surface area contributed by atoms with Crippen LogP contribution >= 0.6 is 15.9 Å². The number of pyridine rings is 1. The van der Waals surface area contributed by atoms with Crippen LogP contribution in [-0.4, -0.2) is 17.0 Å². The third kappa shape index (κ3) is 3.82. The van der Waals surface area contributed by atoms with Crippen molar-refractivity contribution in [3.8, 4) is 5.88 Å². The lowest BCUT2D eigenvalue weighted by Gasteiger charge is -2.14. The molecule has 0 aliphatic heterocycles. The maximum absolute atomic E-state index is 12.4. The molecule has 1 amide bonds. The second-order valence-corrected chi connectivity index (χ2v) is 5.74. The summed E-state index contributed by atoms with van der Waals surface area (Å²) >= 11 is 3.43. The van der Waals surface area contributed by atoms with Gasteiger partial charge in [0.25, 0.3) is 5.91 Å². The van der Waals surface area contributed by atoms with Crippen LogP contribution in [0.4, 0.5) is 5.69 Å². The first-order chi connectivity index (χ1) is 9.99. The number of anilines is 1. The molecule has 2 rings (SSSR count). The van der Waals surface area contributed by atoms with Gasteiger partial charge in [0.05, 0.1) is 6.10 Å². The second kappa shape index (κ2) is 6.72. The molecule has 110 valence electrons. The van der Waals surface area contributed by atoms with Crippen molar-refractivity contribution in [3.63, 3.8) is 0 Å². The van der Waals surface area contributed by atoms with Gasteiger partial charge in [0.2, 0.25) is 5.88 Å². The van der Waals surface area contributed by atoms with Gasteiger partial charge in [0.1, 0.15) is 5.69 Å². The Labute approximate surface area is 132 Å². The third-order valence-corrected chi connectivity index (χ3v) is 3.74. The lowest BCUT2D eigenvalue weighted by atomic mass is 10.1. The number of rotatable bonds is 4. The number of hydrogen-bond acceptors (Lipinski definition) is 3. The topological polar surface area (TPSA) is 51.2 Å². The number of carbonyl (C=O) groups is 1. The molecule has 1 N–H and O–H groups in total. The Morgan fingerprint density at radius 1 is 1.29 bits per heavy atom. The summed E-state index contributed by atoms with van der Waals surface area (Å²) in [5.41, 5.74) is 2.07. The van der Waals surface area contributed by atoms with E-state index in [9.17, 15) is 4.79 Å². The average Bonchev–Trinajstić information content (AvgIpc) is 2.43. The quantitative estimate of drug-likeness (QED) is 0.900. The van der Waals surface area contributed by atoms with E-state index >= 15 is 0 Å². The van der Waals surface area contributed by atoms with Gasteiger partial charge >= 0.3 is 0 Å². The summed E-state index contributed by atoms with van der Waals surface area (Å²) in [6.07, 6.45) is 1.63. The molecule has 5 heteroatoms. The first kappa shape index (κ1) is 15.5. The van der Waals surface area contributed by atoms with Gasteiger partial charge in [-0.2, -0.15) is 0 Å². The Morgan fingerprint density at radius 3 is 2.76 bits per heavy atom. The lowest BCUT2D eigenvalue weighted by Crippen LogP contribution is -2.16. The van der Waals surface area contributed by atoms with E-state index in [0.717, 1.165) is 10.0 Å². The minimum absolute atomic E-state index is 0.0110. The van der Waals surface area contributed by atoms with Crippen molar-refractivity contribution in [2.45, 2.75) is 26.9 Å². The second-order valence-electron chi connectivity index (χ2n) is 4.89. The SMILES string of the molecule is Cc1c(Br)cccc1C(=O)Nc1cccnc1OC(C)C. The first-order valence-electron chi connectivity index (χ1n) is 6.67. The Balaban J connectivity index is 2.26. The largest absolute Gasteiger partial charge is 0.473 e. The highest BCUT2D eigenvalue weighted by atomic mass is 79.9. The van der Waals surface area contributed by atoms with Crippen LogP contribution in [0.2, 0.25) is 0 Å². The van der Waals surface area contributed by atoms with Crippen molar-refractivity contribution in [2.24, 2.45) is 0 Å². The number of amides is 1. The van der Waals surface area contributed by atoms with Crippen LogP contribution in [0.1, 0.15) is 29.8 Å². The first-order valence-corrected chi connectivity index (χ1v) is 7.46. The summed E-state index contributed by atoms with van der Waals surface area (Å²) in [5, 5.41) is 2.85. The molecule has 0 unspecified atom stereocenters. The van der Waals surface area contributed by atoms with E-state index in [1.807, 2.05) is 32.9 Å². The third-order valence-electron chi connectivity index (χ3n) is 2.88. The molecule has 0 saturated carbocycles. The predicted octanol–water partition coefficient (Wildman–Crippen LogP) is 4.19. The molecule has 21 heavy (non-hydrogen) atoms. The molecule has 0 saturated heterocycles. The van der Waals surface area contributed by atoms with E-state index in [2.05, 4.69) is 26.2 Å². The number of carbonyl (C=O) groups excluding carboxylic acids is 1.